The van der Waals surface area contributed by atoms with Crippen molar-refractivity contribution in [2.45, 2.75) is 32.4 Å². The molecule has 0 spiro atoms. The number of morpholine rings is 1. The van der Waals surface area contributed by atoms with Gasteiger partial charge in [-0.3, -0.25) is 4.90 Å². The van der Waals surface area contributed by atoms with Crippen molar-refractivity contribution in [2.24, 2.45) is 0 Å². The zero-order valence-corrected chi connectivity index (χ0v) is 10.9. The zero-order valence-electron chi connectivity index (χ0n) is 10.9. The summed E-state index contributed by atoms with van der Waals surface area (Å²) in [7, 11) is 2.13. The molecule has 1 saturated heterocycles. The van der Waals surface area contributed by atoms with E-state index in [0.29, 0.717) is 6.04 Å². The lowest BCUT2D eigenvalue weighted by Gasteiger charge is -2.33. The standard InChI is InChI=1S/C12H26N2O2/c1-11(13(3)5-4-12(2)15)10-14-6-8-16-9-7-14/h11-12,15H,4-10H2,1-3H3. The van der Waals surface area contributed by atoms with Gasteiger partial charge in [0.1, 0.15) is 0 Å². The number of hydrogen-bond acceptors (Lipinski definition) is 4. The molecule has 1 heterocycles. The number of nitrogens with zero attached hydrogens (tertiary/aromatic N) is 2. The molecule has 0 aliphatic carbocycles. The fourth-order valence-electron chi connectivity index (χ4n) is 1.91. The second-order valence-electron chi connectivity index (χ2n) is 4.88. The van der Waals surface area contributed by atoms with E-state index in [-0.39, 0.29) is 6.10 Å². The molecule has 0 aromatic rings. The molecule has 1 N–H and O–H groups in total. The van der Waals surface area contributed by atoms with Gasteiger partial charge in [-0.2, -0.15) is 0 Å². The van der Waals surface area contributed by atoms with E-state index in [0.717, 1.165) is 45.8 Å². The van der Waals surface area contributed by atoms with Gasteiger partial charge in [0.15, 0.2) is 0 Å². The van der Waals surface area contributed by atoms with Gasteiger partial charge < -0.3 is 14.7 Å². The molecule has 1 aliphatic heterocycles. The van der Waals surface area contributed by atoms with Gasteiger partial charge in [0.05, 0.1) is 19.3 Å². The van der Waals surface area contributed by atoms with Crippen molar-refractivity contribution in [3.05, 3.63) is 0 Å². The third-order valence-corrected chi connectivity index (χ3v) is 3.28. The van der Waals surface area contributed by atoms with Crippen LogP contribution in [0.4, 0.5) is 0 Å². The molecule has 2 unspecified atom stereocenters. The van der Waals surface area contributed by atoms with Crippen LogP contribution in [0.25, 0.3) is 0 Å². The van der Waals surface area contributed by atoms with E-state index in [1.807, 2.05) is 6.92 Å². The first-order chi connectivity index (χ1) is 7.59. The molecule has 1 rings (SSSR count). The molecule has 4 heteroatoms. The first-order valence-electron chi connectivity index (χ1n) is 6.28. The van der Waals surface area contributed by atoms with Gasteiger partial charge in [0, 0.05) is 32.2 Å². The van der Waals surface area contributed by atoms with Crippen LogP contribution in [0.2, 0.25) is 0 Å². The lowest BCUT2D eigenvalue weighted by molar-refractivity contribution is 0.0258. The molecule has 0 aromatic carbocycles. The minimum absolute atomic E-state index is 0.196. The number of rotatable bonds is 6. The van der Waals surface area contributed by atoms with Crippen LogP contribution in [-0.2, 0) is 4.74 Å². The minimum atomic E-state index is -0.196. The largest absolute Gasteiger partial charge is 0.393 e. The Morgan fingerprint density at radius 2 is 1.94 bits per heavy atom. The molecule has 0 bridgehead atoms. The third-order valence-electron chi connectivity index (χ3n) is 3.28. The van der Waals surface area contributed by atoms with Crippen molar-refractivity contribution in [2.75, 3.05) is 46.4 Å². The van der Waals surface area contributed by atoms with Crippen LogP contribution in [0.5, 0.6) is 0 Å². The average molecular weight is 230 g/mol. The first-order valence-corrected chi connectivity index (χ1v) is 6.28. The molecule has 16 heavy (non-hydrogen) atoms. The van der Waals surface area contributed by atoms with Crippen LogP contribution in [0.1, 0.15) is 20.3 Å². The van der Waals surface area contributed by atoms with Crippen molar-refractivity contribution in [1.82, 2.24) is 9.80 Å². The quantitative estimate of drug-likeness (QED) is 0.717. The smallest absolute Gasteiger partial charge is 0.0594 e. The summed E-state index contributed by atoms with van der Waals surface area (Å²) in [6, 6.07) is 0.539. The number of likely N-dealkylation sites (N-methyl/N-ethyl adjacent to an activating group) is 1. The Morgan fingerprint density at radius 1 is 1.31 bits per heavy atom. The number of hydrogen-bond donors (Lipinski definition) is 1. The second kappa shape index (κ2) is 7.22. The second-order valence-corrected chi connectivity index (χ2v) is 4.88. The van der Waals surface area contributed by atoms with Gasteiger partial charge in [0.25, 0.3) is 0 Å². The maximum absolute atomic E-state index is 9.25. The lowest BCUT2D eigenvalue weighted by Crippen LogP contribution is -2.45. The van der Waals surface area contributed by atoms with Crippen LogP contribution < -0.4 is 0 Å². The highest BCUT2D eigenvalue weighted by atomic mass is 16.5. The van der Waals surface area contributed by atoms with Crippen LogP contribution in [-0.4, -0.2) is 73.5 Å². The fourth-order valence-corrected chi connectivity index (χ4v) is 1.91. The Morgan fingerprint density at radius 3 is 2.50 bits per heavy atom. The maximum atomic E-state index is 9.25. The van der Waals surface area contributed by atoms with E-state index in [9.17, 15) is 5.11 Å². The van der Waals surface area contributed by atoms with Crippen LogP contribution >= 0.6 is 0 Å². The summed E-state index contributed by atoms with van der Waals surface area (Å²) in [6.07, 6.45) is 0.655. The van der Waals surface area contributed by atoms with E-state index in [1.165, 1.54) is 0 Å². The molecule has 2 atom stereocenters. The molecule has 1 aliphatic rings. The van der Waals surface area contributed by atoms with E-state index < -0.39 is 0 Å². The van der Waals surface area contributed by atoms with E-state index >= 15 is 0 Å². The van der Waals surface area contributed by atoms with Gasteiger partial charge in [-0.15, -0.1) is 0 Å². The van der Waals surface area contributed by atoms with Gasteiger partial charge in [-0.1, -0.05) is 0 Å². The van der Waals surface area contributed by atoms with Crippen LogP contribution in [0, 0.1) is 0 Å². The molecule has 0 saturated carbocycles. The molecule has 4 nitrogen and oxygen atoms in total. The van der Waals surface area contributed by atoms with Gasteiger partial charge in [-0.25, -0.2) is 0 Å². The SMILES string of the molecule is CC(O)CCN(C)C(C)CN1CCOCC1. The Bertz CT molecular complexity index is 182. The monoisotopic (exact) mass is 230 g/mol. The predicted octanol–water partition coefficient (Wildman–Crippen LogP) is 0.410. The third kappa shape index (κ3) is 5.25. The summed E-state index contributed by atoms with van der Waals surface area (Å²) in [5.41, 5.74) is 0. The Kier molecular flexibility index (Phi) is 6.28. The topological polar surface area (TPSA) is 35.9 Å². The summed E-state index contributed by atoms with van der Waals surface area (Å²) >= 11 is 0. The maximum Gasteiger partial charge on any atom is 0.0594 e. The highest BCUT2D eigenvalue weighted by molar-refractivity contribution is 4.71. The van der Waals surface area contributed by atoms with E-state index in [4.69, 9.17) is 4.74 Å². The van der Waals surface area contributed by atoms with Crippen molar-refractivity contribution >= 4 is 0 Å². The first kappa shape index (κ1) is 13.9. The molecular weight excluding hydrogens is 204 g/mol. The highest BCUT2D eigenvalue weighted by Gasteiger charge is 2.16. The van der Waals surface area contributed by atoms with Crippen molar-refractivity contribution < 1.29 is 9.84 Å². The highest BCUT2D eigenvalue weighted by Crippen LogP contribution is 2.04. The molecule has 0 amide bonds. The van der Waals surface area contributed by atoms with E-state index in [1.54, 1.807) is 0 Å². The van der Waals surface area contributed by atoms with Crippen molar-refractivity contribution in [1.29, 1.82) is 0 Å². The van der Waals surface area contributed by atoms with Crippen LogP contribution in [0.3, 0.4) is 0 Å². The number of aliphatic hydroxyl groups excluding tert-OH is 1. The van der Waals surface area contributed by atoms with Crippen molar-refractivity contribution in [3.63, 3.8) is 0 Å². The van der Waals surface area contributed by atoms with Gasteiger partial charge in [0.2, 0.25) is 0 Å². The zero-order chi connectivity index (χ0) is 12.0. The molecule has 96 valence electrons. The van der Waals surface area contributed by atoms with Gasteiger partial charge in [-0.05, 0) is 27.3 Å². The van der Waals surface area contributed by atoms with Gasteiger partial charge >= 0.3 is 0 Å². The van der Waals surface area contributed by atoms with Crippen molar-refractivity contribution in [3.8, 4) is 0 Å². The Balaban J connectivity index is 2.19. The Hall–Kier alpha value is -0.160. The summed E-state index contributed by atoms with van der Waals surface area (Å²) < 4.78 is 5.33. The summed E-state index contributed by atoms with van der Waals surface area (Å²) in [5, 5.41) is 9.25. The number of ether oxygens (including phenoxy) is 1. The minimum Gasteiger partial charge on any atom is -0.393 e. The summed E-state index contributed by atoms with van der Waals surface area (Å²) in [4.78, 5) is 4.77. The number of aliphatic hydroxyl groups is 1. The average Bonchev–Trinajstić information content (AvgIpc) is 2.27. The molecule has 0 radical (unpaired) electrons. The lowest BCUT2D eigenvalue weighted by atomic mass is 10.2. The van der Waals surface area contributed by atoms with Crippen LogP contribution in [0.15, 0.2) is 0 Å². The Labute approximate surface area is 99.2 Å². The molecular formula is C12H26N2O2. The summed E-state index contributed by atoms with van der Waals surface area (Å²) in [6.45, 7) is 9.98. The normalized spacial score (nSPS) is 22.3. The fraction of sp³-hybridized carbons (Fsp3) is 1.00. The predicted molar refractivity (Wildman–Crippen MR) is 65.6 cm³/mol. The van der Waals surface area contributed by atoms with E-state index in [2.05, 4.69) is 23.8 Å². The molecule has 1 fully saturated rings. The summed E-state index contributed by atoms with van der Waals surface area (Å²) in [5.74, 6) is 0. The molecule has 0 aromatic heterocycles.